The molecule has 2 aromatic carbocycles. The molecule has 4 nitrogen and oxygen atoms in total. The Hall–Kier alpha value is -2.40. The van der Waals surface area contributed by atoms with Crippen LogP contribution in [0.5, 0.6) is 0 Å². The molecule has 0 radical (unpaired) electrons. The largest absolute Gasteiger partial charge is 0.393 e. The van der Waals surface area contributed by atoms with Crippen molar-refractivity contribution in [2.45, 2.75) is 38.2 Å². The third-order valence-electron chi connectivity index (χ3n) is 5.78. The summed E-state index contributed by atoms with van der Waals surface area (Å²) in [6, 6.07) is 12.5. The van der Waals surface area contributed by atoms with E-state index >= 15 is 0 Å². The number of nitrogens with zero attached hydrogens (tertiary/aromatic N) is 1. The number of carbonyl (C=O) groups excluding carboxylic acids is 1. The third kappa shape index (κ3) is 3.98. The number of aryl methyl sites for hydroxylation is 1. The molecule has 1 heterocycles. The molecular weight excluding hydrogens is 343 g/mol. The average Bonchev–Trinajstić information content (AvgIpc) is 2.69. The van der Waals surface area contributed by atoms with Gasteiger partial charge < -0.3 is 15.3 Å². The zero-order chi connectivity index (χ0) is 18.8. The molecule has 0 unspecified atom stereocenters. The van der Waals surface area contributed by atoms with Gasteiger partial charge in [-0.3, -0.25) is 4.79 Å². The van der Waals surface area contributed by atoms with Crippen LogP contribution in [-0.2, 0) is 17.6 Å². The number of carbonyl (C=O) groups is 1. The number of halogens is 1. The molecule has 0 aromatic heterocycles. The van der Waals surface area contributed by atoms with Crippen molar-refractivity contribution < 1.29 is 14.3 Å². The maximum Gasteiger partial charge on any atom is 0.227 e. The predicted molar refractivity (Wildman–Crippen MR) is 104 cm³/mol. The van der Waals surface area contributed by atoms with Crippen LogP contribution in [0.3, 0.4) is 0 Å². The fourth-order valence-corrected chi connectivity index (χ4v) is 4.17. The number of hydrogen-bond acceptors (Lipinski definition) is 3. The van der Waals surface area contributed by atoms with Crippen LogP contribution in [0.25, 0.3) is 0 Å². The minimum Gasteiger partial charge on any atom is -0.393 e. The summed E-state index contributed by atoms with van der Waals surface area (Å²) in [5.74, 6) is -0.197. The quantitative estimate of drug-likeness (QED) is 0.871. The van der Waals surface area contributed by atoms with Crippen LogP contribution in [0.15, 0.2) is 42.5 Å². The number of anilines is 2. The predicted octanol–water partition coefficient (Wildman–Crippen LogP) is 3.53. The lowest BCUT2D eigenvalue weighted by Crippen LogP contribution is -2.38. The topological polar surface area (TPSA) is 52.6 Å². The van der Waals surface area contributed by atoms with Crippen molar-refractivity contribution in [1.29, 1.82) is 0 Å². The van der Waals surface area contributed by atoms with Gasteiger partial charge in [0.15, 0.2) is 0 Å². The van der Waals surface area contributed by atoms with Crippen LogP contribution in [0.1, 0.15) is 30.4 Å². The molecule has 5 heteroatoms. The minimum atomic E-state index is -0.325. The highest BCUT2D eigenvalue weighted by Gasteiger charge is 2.27. The normalized spacial score (nSPS) is 20.2. The van der Waals surface area contributed by atoms with Gasteiger partial charge in [0.1, 0.15) is 5.82 Å². The molecule has 1 fully saturated rings. The van der Waals surface area contributed by atoms with E-state index in [-0.39, 0.29) is 23.7 Å². The van der Waals surface area contributed by atoms with Crippen LogP contribution in [-0.4, -0.2) is 30.2 Å². The van der Waals surface area contributed by atoms with Gasteiger partial charge in [-0.1, -0.05) is 12.1 Å². The maximum atomic E-state index is 13.1. The van der Waals surface area contributed by atoms with Crippen molar-refractivity contribution in [3.05, 3.63) is 59.4 Å². The molecule has 0 bridgehead atoms. The van der Waals surface area contributed by atoms with E-state index in [4.69, 9.17) is 0 Å². The van der Waals surface area contributed by atoms with Crippen molar-refractivity contribution in [3.8, 4) is 0 Å². The van der Waals surface area contributed by atoms with E-state index in [0.717, 1.165) is 55.7 Å². The standard InChI is InChI=1S/C22H25FN2O2/c23-17-5-7-18(8-6-17)25-12-10-16(11-13-25)22(27)24-21-3-1-2-15-4-9-19(26)14-20(15)21/h1-3,5-8,16,19,26H,4,9-14H2,(H,24,27)/t19-/m0/s1. The van der Waals surface area contributed by atoms with E-state index in [1.807, 2.05) is 12.1 Å². The summed E-state index contributed by atoms with van der Waals surface area (Å²) < 4.78 is 13.1. The first-order valence-electron chi connectivity index (χ1n) is 9.70. The smallest absolute Gasteiger partial charge is 0.227 e. The minimum absolute atomic E-state index is 0.0222. The summed E-state index contributed by atoms with van der Waals surface area (Å²) in [4.78, 5) is 15.0. The van der Waals surface area contributed by atoms with Crippen LogP contribution in [0.2, 0.25) is 0 Å². The van der Waals surface area contributed by atoms with Crippen LogP contribution >= 0.6 is 0 Å². The molecule has 2 aromatic rings. The van der Waals surface area contributed by atoms with Gasteiger partial charge in [-0.05, 0) is 67.1 Å². The highest BCUT2D eigenvalue weighted by Crippen LogP contribution is 2.30. The van der Waals surface area contributed by atoms with Gasteiger partial charge in [0.25, 0.3) is 0 Å². The van der Waals surface area contributed by atoms with E-state index in [2.05, 4.69) is 16.3 Å². The number of aliphatic hydroxyl groups excluding tert-OH is 1. The Morgan fingerprint density at radius 2 is 1.81 bits per heavy atom. The number of aliphatic hydroxyl groups is 1. The van der Waals surface area contributed by atoms with Crippen molar-refractivity contribution in [1.82, 2.24) is 0 Å². The SMILES string of the molecule is O=C(Nc1cccc2c1C[C@@H](O)CC2)C1CCN(c2ccc(F)cc2)CC1. The van der Waals surface area contributed by atoms with Gasteiger partial charge in [-0.15, -0.1) is 0 Å². The lowest BCUT2D eigenvalue weighted by molar-refractivity contribution is -0.120. The second-order valence-electron chi connectivity index (χ2n) is 7.57. The Kier molecular flexibility index (Phi) is 5.12. The number of hydrogen-bond donors (Lipinski definition) is 2. The third-order valence-corrected chi connectivity index (χ3v) is 5.78. The second-order valence-corrected chi connectivity index (χ2v) is 7.57. The Bertz CT molecular complexity index is 814. The van der Waals surface area contributed by atoms with Gasteiger partial charge >= 0.3 is 0 Å². The van der Waals surface area contributed by atoms with Gasteiger partial charge in [0.05, 0.1) is 6.10 Å². The monoisotopic (exact) mass is 368 g/mol. The number of benzene rings is 2. The van der Waals surface area contributed by atoms with E-state index in [1.165, 1.54) is 17.7 Å². The molecule has 142 valence electrons. The Morgan fingerprint density at radius 3 is 2.56 bits per heavy atom. The highest BCUT2D eigenvalue weighted by molar-refractivity contribution is 5.93. The Morgan fingerprint density at radius 1 is 1.07 bits per heavy atom. The van der Waals surface area contributed by atoms with E-state index in [9.17, 15) is 14.3 Å². The lowest BCUT2D eigenvalue weighted by Gasteiger charge is -2.33. The van der Waals surface area contributed by atoms with Gasteiger partial charge in [0.2, 0.25) is 5.91 Å². The van der Waals surface area contributed by atoms with Crippen LogP contribution in [0.4, 0.5) is 15.8 Å². The van der Waals surface area contributed by atoms with Crippen LogP contribution in [0, 0.1) is 11.7 Å². The zero-order valence-electron chi connectivity index (χ0n) is 15.3. The van der Waals surface area contributed by atoms with E-state index in [0.29, 0.717) is 6.42 Å². The summed E-state index contributed by atoms with van der Waals surface area (Å²) in [5, 5.41) is 13.1. The molecule has 1 saturated heterocycles. The van der Waals surface area contributed by atoms with Crippen molar-refractivity contribution in [2.75, 3.05) is 23.3 Å². The van der Waals surface area contributed by atoms with Crippen molar-refractivity contribution in [2.24, 2.45) is 5.92 Å². The fraction of sp³-hybridized carbons (Fsp3) is 0.409. The summed E-state index contributed by atoms with van der Waals surface area (Å²) in [7, 11) is 0. The number of nitrogens with one attached hydrogen (secondary N) is 1. The van der Waals surface area contributed by atoms with Gasteiger partial charge in [-0.2, -0.15) is 0 Å². The first kappa shape index (κ1) is 18.0. The molecule has 1 aliphatic carbocycles. The number of fused-ring (bicyclic) bond motifs is 1. The van der Waals surface area contributed by atoms with Crippen molar-refractivity contribution in [3.63, 3.8) is 0 Å². The average molecular weight is 368 g/mol. The number of rotatable bonds is 3. The van der Waals surface area contributed by atoms with E-state index in [1.54, 1.807) is 12.1 Å². The summed E-state index contributed by atoms with van der Waals surface area (Å²) >= 11 is 0. The van der Waals surface area contributed by atoms with Crippen LogP contribution < -0.4 is 10.2 Å². The fourth-order valence-electron chi connectivity index (χ4n) is 4.17. The van der Waals surface area contributed by atoms with E-state index < -0.39 is 0 Å². The molecule has 1 atom stereocenters. The molecule has 27 heavy (non-hydrogen) atoms. The summed E-state index contributed by atoms with van der Waals surface area (Å²) in [5.41, 5.74) is 4.15. The first-order chi connectivity index (χ1) is 13.1. The summed E-state index contributed by atoms with van der Waals surface area (Å²) in [6.45, 7) is 1.57. The van der Waals surface area contributed by atoms with Gasteiger partial charge in [-0.25, -0.2) is 4.39 Å². The molecule has 1 aliphatic heterocycles. The Balaban J connectivity index is 1.38. The molecule has 2 aliphatic rings. The molecule has 0 saturated carbocycles. The highest BCUT2D eigenvalue weighted by atomic mass is 19.1. The van der Waals surface area contributed by atoms with Gasteiger partial charge in [0, 0.05) is 36.8 Å². The zero-order valence-corrected chi connectivity index (χ0v) is 15.3. The molecule has 2 N–H and O–H groups in total. The number of piperidine rings is 1. The lowest BCUT2D eigenvalue weighted by atomic mass is 9.88. The molecule has 4 rings (SSSR count). The van der Waals surface area contributed by atoms with Crippen molar-refractivity contribution >= 4 is 17.3 Å². The molecule has 1 amide bonds. The maximum absolute atomic E-state index is 13.1. The second kappa shape index (κ2) is 7.69. The summed E-state index contributed by atoms with van der Waals surface area (Å²) in [6.07, 6.45) is 3.48. The molecule has 0 spiro atoms. The number of amides is 1. The molecular formula is C22H25FN2O2. The first-order valence-corrected chi connectivity index (χ1v) is 9.70. The Labute approximate surface area is 159 Å².